The highest BCUT2D eigenvalue weighted by Gasteiger charge is 2.56. The smallest absolute Gasteiger partial charge is 0.225 e. The molecular weight excluding hydrogens is 352 g/mol. The van der Waals surface area contributed by atoms with E-state index in [4.69, 9.17) is 4.74 Å². The Kier molecular flexibility index (Phi) is 6.14. The maximum absolute atomic E-state index is 12.3. The average molecular weight is 391 g/mol. The molecule has 0 aromatic heterocycles. The standard InChI is InChI=1S/C22H38N4O2/c1-3-28-19-15-18(22(19)11-5-4-6-12-22)25-21(23-2)24-17-9-13-26(14-10-17)20(27)16-7-8-16/h16-19H,3-15H2,1-2H3,(H2,23,24,25). The Balaban J connectivity index is 1.28. The van der Waals surface area contributed by atoms with E-state index in [0.717, 1.165) is 57.8 Å². The van der Waals surface area contributed by atoms with Crippen molar-refractivity contribution in [3.05, 3.63) is 0 Å². The Morgan fingerprint density at radius 2 is 1.82 bits per heavy atom. The Hall–Kier alpha value is -1.30. The summed E-state index contributed by atoms with van der Waals surface area (Å²) in [5.41, 5.74) is 0.298. The third-order valence-electron chi connectivity index (χ3n) is 7.55. The summed E-state index contributed by atoms with van der Waals surface area (Å²) < 4.78 is 6.09. The molecule has 1 aliphatic heterocycles. The van der Waals surface area contributed by atoms with Crippen LogP contribution in [0.4, 0.5) is 0 Å². The van der Waals surface area contributed by atoms with Gasteiger partial charge in [0, 0.05) is 50.2 Å². The van der Waals surface area contributed by atoms with E-state index in [1.165, 1.54) is 32.1 Å². The second-order valence-electron chi connectivity index (χ2n) is 9.26. The second-order valence-corrected chi connectivity index (χ2v) is 9.26. The molecule has 4 aliphatic rings. The molecule has 6 nitrogen and oxygen atoms in total. The van der Waals surface area contributed by atoms with Gasteiger partial charge >= 0.3 is 0 Å². The topological polar surface area (TPSA) is 66.0 Å². The van der Waals surface area contributed by atoms with Crippen molar-refractivity contribution in [1.29, 1.82) is 0 Å². The molecule has 2 unspecified atom stereocenters. The van der Waals surface area contributed by atoms with Gasteiger partial charge < -0.3 is 20.3 Å². The molecule has 1 heterocycles. The minimum atomic E-state index is 0.298. The quantitative estimate of drug-likeness (QED) is 0.560. The molecule has 158 valence electrons. The zero-order valence-corrected chi connectivity index (χ0v) is 17.7. The molecule has 1 saturated heterocycles. The highest BCUT2D eigenvalue weighted by atomic mass is 16.5. The second kappa shape index (κ2) is 8.60. The van der Waals surface area contributed by atoms with Crippen LogP contribution in [0.25, 0.3) is 0 Å². The zero-order valence-electron chi connectivity index (χ0n) is 17.7. The van der Waals surface area contributed by atoms with Crippen molar-refractivity contribution in [3.8, 4) is 0 Å². The number of nitrogens with one attached hydrogen (secondary N) is 2. The summed E-state index contributed by atoms with van der Waals surface area (Å²) in [4.78, 5) is 18.8. The molecule has 3 aliphatic carbocycles. The fraction of sp³-hybridized carbons (Fsp3) is 0.909. The third-order valence-corrected chi connectivity index (χ3v) is 7.55. The number of amides is 1. The number of carbonyl (C=O) groups is 1. The van der Waals surface area contributed by atoms with Gasteiger partial charge in [0.1, 0.15) is 0 Å². The molecule has 0 radical (unpaired) electrons. The van der Waals surface area contributed by atoms with E-state index in [-0.39, 0.29) is 0 Å². The molecule has 2 N–H and O–H groups in total. The summed E-state index contributed by atoms with van der Waals surface area (Å²) >= 11 is 0. The first-order valence-corrected chi connectivity index (χ1v) is 11.6. The lowest BCUT2D eigenvalue weighted by Gasteiger charge is -2.58. The van der Waals surface area contributed by atoms with E-state index >= 15 is 0 Å². The monoisotopic (exact) mass is 390 g/mol. The number of hydrogen-bond acceptors (Lipinski definition) is 3. The minimum Gasteiger partial charge on any atom is -0.378 e. The van der Waals surface area contributed by atoms with Gasteiger partial charge in [-0.2, -0.15) is 0 Å². The number of aliphatic imine (C=N–C) groups is 1. The van der Waals surface area contributed by atoms with Gasteiger partial charge in [-0.25, -0.2) is 0 Å². The molecule has 3 saturated carbocycles. The molecule has 2 atom stereocenters. The number of carbonyl (C=O) groups excluding carboxylic acids is 1. The molecule has 4 rings (SSSR count). The highest BCUT2D eigenvalue weighted by molar-refractivity contribution is 5.82. The summed E-state index contributed by atoms with van der Waals surface area (Å²) in [7, 11) is 1.87. The maximum atomic E-state index is 12.3. The molecule has 0 bridgehead atoms. The Morgan fingerprint density at radius 1 is 1.11 bits per heavy atom. The summed E-state index contributed by atoms with van der Waals surface area (Å²) in [5.74, 6) is 1.65. The van der Waals surface area contributed by atoms with Crippen molar-refractivity contribution in [2.75, 3.05) is 26.7 Å². The van der Waals surface area contributed by atoms with Crippen LogP contribution in [0.5, 0.6) is 0 Å². The SMILES string of the molecule is CCOC1CC(NC(=NC)NC2CCN(C(=O)C3CC3)CC2)C12CCCCC2. The fourth-order valence-electron chi connectivity index (χ4n) is 5.63. The van der Waals surface area contributed by atoms with Gasteiger partial charge in [-0.1, -0.05) is 19.3 Å². The van der Waals surface area contributed by atoms with Gasteiger partial charge in [0.25, 0.3) is 0 Å². The lowest BCUT2D eigenvalue weighted by atomic mass is 9.55. The van der Waals surface area contributed by atoms with Crippen molar-refractivity contribution < 1.29 is 9.53 Å². The number of likely N-dealkylation sites (tertiary alicyclic amines) is 1. The van der Waals surface area contributed by atoms with Crippen molar-refractivity contribution in [1.82, 2.24) is 15.5 Å². The minimum absolute atomic E-state index is 0.298. The zero-order chi connectivity index (χ0) is 19.6. The predicted octanol–water partition coefficient (Wildman–Crippen LogP) is 2.68. The van der Waals surface area contributed by atoms with Crippen molar-refractivity contribution in [2.24, 2.45) is 16.3 Å². The molecule has 1 spiro atoms. The summed E-state index contributed by atoms with van der Waals surface area (Å²) in [5, 5.41) is 7.38. The molecule has 6 heteroatoms. The van der Waals surface area contributed by atoms with Gasteiger partial charge in [0.15, 0.2) is 5.96 Å². The molecule has 28 heavy (non-hydrogen) atoms. The first-order valence-electron chi connectivity index (χ1n) is 11.6. The van der Waals surface area contributed by atoms with E-state index in [1.807, 2.05) is 7.05 Å². The van der Waals surface area contributed by atoms with Crippen molar-refractivity contribution in [3.63, 3.8) is 0 Å². The normalized spacial score (nSPS) is 30.8. The summed E-state index contributed by atoms with van der Waals surface area (Å²) in [6, 6.07) is 0.867. The van der Waals surface area contributed by atoms with Gasteiger partial charge in [-0.15, -0.1) is 0 Å². The van der Waals surface area contributed by atoms with E-state index in [1.54, 1.807) is 0 Å². The Labute approximate surface area is 169 Å². The lowest BCUT2D eigenvalue weighted by molar-refractivity contribution is -0.145. The highest BCUT2D eigenvalue weighted by Crippen LogP contribution is 2.53. The van der Waals surface area contributed by atoms with Crippen LogP contribution in [-0.2, 0) is 9.53 Å². The number of piperidine rings is 1. The number of ether oxygens (including phenoxy) is 1. The Bertz CT molecular complexity index is 575. The van der Waals surface area contributed by atoms with Gasteiger partial charge in [-0.05, 0) is 51.9 Å². The number of rotatable bonds is 5. The summed E-state index contributed by atoms with van der Waals surface area (Å²) in [6.07, 6.45) is 12.3. The van der Waals surface area contributed by atoms with E-state index < -0.39 is 0 Å². The number of nitrogens with zero attached hydrogens (tertiary/aromatic N) is 2. The van der Waals surface area contributed by atoms with Crippen LogP contribution in [0, 0.1) is 11.3 Å². The van der Waals surface area contributed by atoms with Crippen LogP contribution < -0.4 is 10.6 Å². The van der Waals surface area contributed by atoms with E-state index in [9.17, 15) is 4.79 Å². The van der Waals surface area contributed by atoms with Gasteiger partial charge in [-0.3, -0.25) is 9.79 Å². The van der Waals surface area contributed by atoms with Crippen LogP contribution in [0.2, 0.25) is 0 Å². The molecule has 4 fully saturated rings. The first kappa shape index (κ1) is 20.0. The van der Waals surface area contributed by atoms with Crippen LogP contribution in [0.1, 0.15) is 71.1 Å². The molecule has 1 amide bonds. The Morgan fingerprint density at radius 3 is 2.43 bits per heavy atom. The maximum Gasteiger partial charge on any atom is 0.225 e. The van der Waals surface area contributed by atoms with E-state index in [2.05, 4.69) is 27.4 Å². The van der Waals surface area contributed by atoms with Crippen molar-refractivity contribution >= 4 is 11.9 Å². The summed E-state index contributed by atoms with van der Waals surface area (Å²) in [6.45, 7) is 4.68. The van der Waals surface area contributed by atoms with Crippen LogP contribution in [0.3, 0.4) is 0 Å². The molecule has 0 aromatic rings. The van der Waals surface area contributed by atoms with E-state index in [0.29, 0.717) is 35.4 Å². The van der Waals surface area contributed by atoms with Crippen molar-refractivity contribution in [2.45, 2.75) is 89.3 Å². The fourth-order valence-corrected chi connectivity index (χ4v) is 5.63. The largest absolute Gasteiger partial charge is 0.378 e. The lowest BCUT2D eigenvalue weighted by Crippen LogP contribution is -2.67. The van der Waals surface area contributed by atoms with Gasteiger partial charge in [0.05, 0.1) is 6.10 Å². The first-order chi connectivity index (χ1) is 13.7. The average Bonchev–Trinajstić information content (AvgIpc) is 3.58. The number of hydrogen-bond donors (Lipinski definition) is 2. The molecule has 0 aromatic carbocycles. The van der Waals surface area contributed by atoms with Crippen LogP contribution in [0.15, 0.2) is 4.99 Å². The van der Waals surface area contributed by atoms with Crippen LogP contribution >= 0.6 is 0 Å². The predicted molar refractivity (Wildman–Crippen MR) is 111 cm³/mol. The van der Waals surface area contributed by atoms with Crippen LogP contribution in [-0.4, -0.2) is 61.7 Å². The van der Waals surface area contributed by atoms with Gasteiger partial charge in [0.2, 0.25) is 5.91 Å². The third kappa shape index (κ3) is 4.03. The number of guanidine groups is 1. The molecular formula is C22H38N4O2.